The zero-order valence-corrected chi connectivity index (χ0v) is 7.76. The average Bonchev–Trinajstić information content (AvgIpc) is 2.09. The molecule has 0 aromatic heterocycles. The molecule has 0 heterocycles. The second kappa shape index (κ2) is 2.84. The van der Waals surface area contributed by atoms with Crippen LogP contribution in [0.3, 0.4) is 0 Å². The van der Waals surface area contributed by atoms with Gasteiger partial charge >= 0.3 is 0 Å². The zero-order chi connectivity index (χ0) is 9.42. The van der Waals surface area contributed by atoms with Crippen molar-refractivity contribution in [2.75, 3.05) is 0 Å². The molecule has 0 aliphatic carbocycles. The van der Waals surface area contributed by atoms with Gasteiger partial charge < -0.3 is 0 Å². The molecule has 0 saturated heterocycles. The Labute approximate surface area is 77.0 Å². The number of hydrogen-bond donors (Lipinski definition) is 0. The van der Waals surface area contributed by atoms with Crippen molar-refractivity contribution < 1.29 is 4.39 Å². The average molecular weight is 174 g/mol. The first-order chi connectivity index (χ1) is 6.18. The van der Waals surface area contributed by atoms with Gasteiger partial charge in [-0.2, -0.15) is 0 Å². The molecule has 0 bridgehead atoms. The summed E-state index contributed by atoms with van der Waals surface area (Å²) in [6.07, 6.45) is 0. The maximum absolute atomic E-state index is 13.2. The van der Waals surface area contributed by atoms with Crippen LogP contribution < -0.4 is 0 Å². The number of aryl methyl sites for hydroxylation is 2. The quantitative estimate of drug-likeness (QED) is 0.572. The Bertz CT molecular complexity index is 458. The van der Waals surface area contributed by atoms with Crippen LogP contribution in [-0.4, -0.2) is 0 Å². The molecule has 0 aliphatic rings. The second-order valence-electron chi connectivity index (χ2n) is 3.40. The number of fused-ring (bicyclic) bond motifs is 1. The molecule has 0 amide bonds. The summed E-state index contributed by atoms with van der Waals surface area (Å²) in [5, 5.41) is 2.12. The third-order valence-corrected chi connectivity index (χ3v) is 2.38. The minimum Gasteiger partial charge on any atom is -0.207 e. The molecule has 2 rings (SSSR count). The summed E-state index contributed by atoms with van der Waals surface area (Å²) in [6.45, 7) is 3.83. The molecular formula is C12H11F. The van der Waals surface area contributed by atoms with Crippen LogP contribution in [0.4, 0.5) is 4.39 Å². The molecule has 13 heavy (non-hydrogen) atoms. The van der Waals surface area contributed by atoms with Crippen LogP contribution in [0, 0.1) is 19.7 Å². The summed E-state index contributed by atoms with van der Waals surface area (Å²) in [7, 11) is 0. The van der Waals surface area contributed by atoms with E-state index in [-0.39, 0.29) is 5.82 Å². The lowest BCUT2D eigenvalue weighted by atomic mass is 10.0. The smallest absolute Gasteiger partial charge is 0.126 e. The van der Waals surface area contributed by atoms with Crippen molar-refractivity contribution >= 4 is 10.8 Å². The molecule has 0 atom stereocenters. The summed E-state index contributed by atoms with van der Waals surface area (Å²) in [6, 6.07) is 9.43. The fourth-order valence-electron chi connectivity index (χ4n) is 1.56. The Kier molecular flexibility index (Phi) is 1.80. The van der Waals surface area contributed by atoms with Crippen LogP contribution in [0.25, 0.3) is 10.8 Å². The largest absolute Gasteiger partial charge is 0.207 e. The Morgan fingerprint density at radius 2 is 1.77 bits per heavy atom. The van der Waals surface area contributed by atoms with Gasteiger partial charge in [0.25, 0.3) is 0 Å². The monoisotopic (exact) mass is 174 g/mol. The Morgan fingerprint density at radius 1 is 1.00 bits per heavy atom. The van der Waals surface area contributed by atoms with Crippen molar-refractivity contribution in [3.8, 4) is 0 Å². The van der Waals surface area contributed by atoms with Crippen LogP contribution in [0.5, 0.6) is 0 Å². The van der Waals surface area contributed by atoms with Gasteiger partial charge in [-0.25, -0.2) is 4.39 Å². The predicted molar refractivity (Wildman–Crippen MR) is 53.4 cm³/mol. The van der Waals surface area contributed by atoms with Crippen molar-refractivity contribution in [3.05, 3.63) is 47.3 Å². The van der Waals surface area contributed by atoms with E-state index >= 15 is 0 Å². The highest BCUT2D eigenvalue weighted by Crippen LogP contribution is 2.21. The van der Waals surface area contributed by atoms with E-state index in [0.717, 1.165) is 10.8 Å². The van der Waals surface area contributed by atoms with Crippen LogP contribution in [0.2, 0.25) is 0 Å². The lowest BCUT2D eigenvalue weighted by molar-refractivity contribution is 0.620. The van der Waals surface area contributed by atoms with Crippen molar-refractivity contribution in [2.24, 2.45) is 0 Å². The van der Waals surface area contributed by atoms with Gasteiger partial charge in [-0.3, -0.25) is 0 Å². The topological polar surface area (TPSA) is 0 Å². The van der Waals surface area contributed by atoms with Crippen LogP contribution in [0.15, 0.2) is 30.3 Å². The summed E-state index contributed by atoms with van der Waals surface area (Å²) in [5.41, 5.74) is 1.91. The van der Waals surface area contributed by atoms with Crippen molar-refractivity contribution in [2.45, 2.75) is 13.8 Å². The van der Waals surface area contributed by atoms with Gasteiger partial charge in [-0.1, -0.05) is 18.2 Å². The zero-order valence-electron chi connectivity index (χ0n) is 7.76. The van der Waals surface area contributed by atoms with Gasteiger partial charge in [0.2, 0.25) is 0 Å². The van der Waals surface area contributed by atoms with Gasteiger partial charge in [0.1, 0.15) is 5.82 Å². The SMILES string of the molecule is Cc1cc2c(C)cccc2cc1F. The van der Waals surface area contributed by atoms with Crippen LogP contribution in [0.1, 0.15) is 11.1 Å². The second-order valence-corrected chi connectivity index (χ2v) is 3.40. The van der Waals surface area contributed by atoms with Crippen molar-refractivity contribution in [1.82, 2.24) is 0 Å². The highest BCUT2D eigenvalue weighted by atomic mass is 19.1. The Hall–Kier alpha value is -1.37. The molecule has 66 valence electrons. The van der Waals surface area contributed by atoms with E-state index in [1.54, 1.807) is 13.0 Å². The van der Waals surface area contributed by atoms with E-state index in [9.17, 15) is 4.39 Å². The molecule has 0 radical (unpaired) electrons. The minimum atomic E-state index is -0.127. The summed E-state index contributed by atoms with van der Waals surface area (Å²) in [4.78, 5) is 0. The molecule has 2 aromatic rings. The lowest BCUT2D eigenvalue weighted by Gasteiger charge is -2.03. The number of benzene rings is 2. The third kappa shape index (κ3) is 1.31. The molecule has 1 heteroatoms. The van der Waals surface area contributed by atoms with Crippen LogP contribution in [-0.2, 0) is 0 Å². The molecule has 0 N–H and O–H groups in total. The first kappa shape index (κ1) is 8.24. The van der Waals surface area contributed by atoms with Crippen molar-refractivity contribution in [1.29, 1.82) is 0 Å². The summed E-state index contributed by atoms with van der Waals surface area (Å²) < 4.78 is 13.2. The Morgan fingerprint density at radius 3 is 2.54 bits per heavy atom. The van der Waals surface area contributed by atoms with Crippen LogP contribution >= 0.6 is 0 Å². The maximum atomic E-state index is 13.2. The third-order valence-electron chi connectivity index (χ3n) is 2.38. The molecular weight excluding hydrogens is 163 g/mol. The highest BCUT2D eigenvalue weighted by molar-refractivity contribution is 5.86. The fraction of sp³-hybridized carbons (Fsp3) is 0.167. The molecule has 2 aromatic carbocycles. The van der Waals surface area contributed by atoms with Gasteiger partial charge in [0.05, 0.1) is 0 Å². The molecule has 0 spiro atoms. The van der Waals surface area contributed by atoms with Gasteiger partial charge in [0, 0.05) is 0 Å². The number of halogens is 1. The van der Waals surface area contributed by atoms with E-state index < -0.39 is 0 Å². The van der Waals surface area contributed by atoms with Gasteiger partial charge in [-0.05, 0) is 47.9 Å². The highest BCUT2D eigenvalue weighted by Gasteiger charge is 2.01. The van der Waals surface area contributed by atoms with E-state index in [4.69, 9.17) is 0 Å². The number of rotatable bonds is 0. The maximum Gasteiger partial charge on any atom is 0.126 e. The fourth-order valence-corrected chi connectivity index (χ4v) is 1.56. The summed E-state index contributed by atoms with van der Waals surface area (Å²) >= 11 is 0. The molecule has 0 saturated carbocycles. The molecule has 0 unspecified atom stereocenters. The van der Waals surface area contributed by atoms with E-state index in [0.29, 0.717) is 5.56 Å². The Balaban J connectivity index is 2.89. The molecule has 0 aliphatic heterocycles. The lowest BCUT2D eigenvalue weighted by Crippen LogP contribution is -1.84. The summed E-state index contributed by atoms with van der Waals surface area (Å²) in [5.74, 6) is -0.127. The predicted octanol–water partition coefficient (Wildman–Crippen LogP) is 3.60. The molecule has 0 fully saturated rings. The minimum absolute atomic E-state index is 0.127. The standard InChI is InChI=1S/C12H11F/c1-8-4-3-5-10-7-12(13)9(2)6-11(8)10/h3-7H,1-2H3. The van der Waals surface area contributed by atoms with E-state index in [1.807, 2.05) is 31.2 Å². The molecule has 0 nitrogen and oxygen atoms in total. The van der Waals surface area contributed by atoms with Gasteiger partial charge in [-0.15, -0.1) is 0 Å². The van der Waals surface area contributed by atoms with Gasteiger partial charge in [0.15, 0.2) is 0 Å². The number of hydrogen-bond acceptors (Lipinski definition) is 0. The first-order valence-electron chi connectivity index (χ1n) is 4.34. The van der Waals surface area contributed by atoms with E-state index in [1.165, 1.54) is 5.56 Å². The van der Waals surface area contributed by atoms with E-state index in [2.05, 4.69) is 0 Å². The first-order valence-corrected chi connectivity index (χ1v) is 4.34. The normalized spacial score (nSPS) is 10.7. The van der Waals surface area contributed by atoms with Crippen molar-refractivity contribution in [3.63, 3.8) is 0 Å².